The minimum Gasteiger partial charge on any atom is -0.311 e. The Labute approximate surface area is 95.4 Å². The molecule has 0 amide bonds. The first-order valence-electron chi connectivity index (χ1n) is 6.47. The van der Waals surface area contributed by atoms with Crippen molar-refractivity contribution in [2.45, 2.75) is 71.5 Å². The summed E-state index contributed by atoms with van der Waals surface area (Å²) in [7, 11) is 0. The quantitative estimate of drug-likeness (QED) is 0.770. The first kappa shape index (κ1) is 13.0. The van der Waals surface area contributed by atoms with Crippen molar-refractivity contribution >= 4 is 0 Å². The minimum absolute atomic E-state index is 0.245. The highest BCUT2D eigenvalue weighted by Gasteiger charge is 2.29. The molecule has 0 aliphatic carbocycles. The lowest BCUT2D eigenvalue weighted by atomic mass is 9.94. The van der Waals surface area contributed by atoms with E-state index in [-0.39, 0.29) is 5.54 Å². The zero-order chi connectivity index (χ0) is 11.5. The number of hydrogen-bond acceptors (Lipinski definition) is 2. The van der Waals surface area contributed by atoms with E-state index in [2.05, 4.69) is 44.8 Å². The highest BCUT2D eigenvalue weighted by Crippen LogP contribution is 2.24. The maximum Gasteiger partial charge on any atom is 0.0252 e. The van der Waals surface area contributed by atoms with Crippen LogP contribution in [0.5, 0.6) is 0 Å². The highest BCUT2D eigenvalue weighted by molar-refractivity contribution is 4.88. The summed E-state index contributed by atoms with van der Waals surface area (Å²) < 4.78 is 0. The van der Waals surface area contributed by atoms with Gasteiger partial charge in [0.2, 0.25) is 0 Å². The van der Waals surface area contributed by atoms with Gasteiger partial charge in [0.1, 0.15) is 0 Å². The van der Waals surface area contributed by atoms with Crippen LogP contribution in [0.3, 0.4) is 0 Å². The van der Waals surface area contributed by atoms with Crippen molar-refractivity contribution in [2.75, 3.05) is 13.1 Å². The first-order valence-corrected chi connectivity index (χ1v) is 6.47. The van der Waals surface area contributed by atoms with Crippen LogP contribution in [0.15, 0.2) is 0 Å². The summed E-state index contributed by atoms with van der Waals surface area (Å²) >= 11 is 0. The lowest BCUT2D eigenvalue weighted by molar-refractivity contribution is 0.0741. The zero-order valence-corrected chi connectivity index (χ0v) is 11.1. The van der Waals surface area contributed by atoms with Crippen molar-refractivity contribution in [3.63, 3.8) is 0 Å². The van der Waals surface area contributed by atoms with Gasteiger partial charge in [-0.1, -0.05) is 13.3 Å². The SMILES string of the molecule is CCNC(C)(C)CN1C(C)CCCC1C. The Hall–Kier alpha value is -0.0800. The number of likely N-dealkylation sites (N-methyl/N-ethyl adjacent to an activating group) is 1. The Kier molecular flexibility index (Phi) is 4.60. The maximum atomic E-state index is 3.57. The van der Waals surface area contributed by atoms with E-state index in [1.165, 1.54) is 25.8 Å². The molecular formula is C13H28N2. The molecule has 0 bridgehead atoms. The molecule has 1 N–H and O–H groups in total. The molecule has 0 aromatic heterocycles. The van der Waals surface area contributed by atoms with Gasteiger partial charge in [-0.2, -0.15) is 0 Å². The topological polar surface area (TPSA) is 15.3 Å². The fourth-order valence-electron chi connectivity index (χ4n) is 2.78. The Balaban J connectivity index is 2.53. The van der Waals surface area contributed by atoms with Gasteiger partial charge in [-0.3, -0.25) is 4.90 Å². The molecule has 1 aliphatic heterocycles. The van der Waals surface area contributed by atoms with E-state index in [0.717, 1.165) is 18.6 Å². The van der Waals surface area contributed by atoms with Gasteiger partial charge in [-0.25, -0.2) is 0 Å². The van der Waals surface area contributed by atoms with Crippen LogP contribution in [0.4, 0.5) is 0 Å². The molecule has 0 aromatic rings. The number of nitrogens with zero attached hydrogens (tertiary/aromatic N) is 1. The molecule has 0 saturated carbocycles. The third-order valence-corrected chi connectivity index (χ3v) is 3.61. The molecule has 15 heavy (non-hydrogen) atoms. The Bertz CT molecular complexity index is 179. The Morgan fingerprint density at radius 2 is 1.73 bits per heavy atom. The number of likely N-dealkylation sites (tertiary alicyclic amines) is 1. The van der Waals surface area contributed by atoms with Gasteiger partial charge >= 0.3 is 0 Å². The molecule has 0 aromatic carbocycles. The summed E-state index contributed by atoms with van der Waals surface area (Å²) in [6, 6.07) is 1.51. The molecule has 2 nitrogen and oxygen atoms in total. The van der Waals surface area contributed by atoms with E-state index in [0.29, 0.717) is 0 Å². The average molecular weight is 212 g/mol. The minimum atomic E-state index is 0.245. The standard InChI is InChI=1S/C13H28N2/c1-6-14-13(4,5)10-15-11(2)8-7-9-12(15)3/h11-12,14H,6-10H2,1-5H3. The molecule has 2 atom stereocenters. The fourth-order valence-corrected chi connectivity index (χ4v) is 2.78. The van der Waals surface area contributed by atoms with E-state index in [1.54, 1.807) is 0 Å². The molecule has 1 saturated heterocycles. The lowest BCUT2D eigenvalue weighted by Gasteiger charge is -2.43. The van der Waals surface area contributed by atoms with Crippen LogP contribution in [0, 0.1) is 0 Å². The summed E-state index contributed by atoms with van der Waals surface area (Å²) in [5.41, 5.74) is 0.245. The van der Waals surface area contributed by atoms with Crippen LogP contribution < -0.4 is 5.32 Å². The Morgan fingerprint density at radius 1 is 1.20 bits per heavy atom. The number of rotatable bonds is 4. The van der Waals surface area contributed by atoms with Crippen LogP contribution in [-0.4, -0.2) is 35.6 Å². The Morgan fingerprint density at radius 3 is 2.20 bits per heavy atom. The molecule has 0 radical (unpaired) electrons. The fraction of sp³-hybridized carbons (Fsp3) is 1.00. The van der Waals surface area contributed by atoms with E-state index in [4.69, 9.17) is 0 Å². The average Bonchev–Trinajstić information content (AvgIpc) is 2.11. The summed E-state index contributed by atoms with van der Waals surface area (Å²) in [6.07, 6.45) is 4.14. The van der Waals surface area contributed by atoms with Gasteiger partial charge in [0, 0.05) is 24.2 Å². The summed E-state index contributed by atoms with van der Waals surface area (Å²) in [5, 5.41) is 3.57. The van der Waals surface area contributed by atoms with Crippen LogP contribution >= 0.6 is 0 Å². The van der Waals surface area contributed by atoms with Gasteiger partial charge in [0.25, 0.3) is 0 Å². The van der Waals surface area contributed by atoms with Crippen molar-refractivity contribution in [2.24, 2.45) is 0 Å². The van der Waals surface area contributed by atoms with Crippen molar-refractivity contribution in [3.8, 4) is 0 Å². The second kappa shape index (κ2) is 5.31. The van der Waals surface area contributed by atoms with Gasteiger partial charge < -0.3 is 5.32 Å². The van der Waals surface area contributed by atoms with Crippen LogP contribution in [-0.2, 0) is 0 Å². The summed E-state index contributed by atoms with van der Waals surface area (Å²) in [6.45, 7) is 13.8. The summed E-state index contributed by atoms with van der Waals surface area (Å²) in [4.78, 5) is 2.67. The van der Waals surface area contributed by atoms with Crippen molar-refractivity contribution in [1.29, 1.82) is 0 Å². The smallest absolute Gasteiger partial charge is 0.0252 e. The molecule has 2 heteroatoms. The third kappa shape index (κ3) is 3.76. The highest BCUT2D eigenvalue weighted by atomic mass is 15.2. The van der Waals surface area contributed by atoms with Crippen molar-refractivity contribution in [3.05, 3.63) is 0 Å². The zero-order valence-electron chi connectivity index (χ0n) is 11.1. The molecule has 1 aliphatic rings. The molecule has 90 valence electrons. The van der Waals surface area contributed by atoms with E-state index in [9.17, 15) is 0 Å². The second-order valence-electron chi connectivity index (χ2n) is 5.72. The molecular weight excluding hydrogens is 184 g/mol. The third-order valence-electron chi connectivity index (χ3n) is 3.61. The predicted octanol–water partition coefficient (Wildman–Crippen LogP) is 2.64. The summed E-state index contributed by atoms with van der Waals surface area (Å²) in [5.74, 6) is 0. The molecule has 1 heterocycles. The molecule has 0 spiro atoms. The van der Waals surface area contributed by atoms with Crippen LogP contribution in [0.1, 0.15) is 53.9 Å². The number of nitrogens with one attached hydrogen (secondary N) is 1. The van der Waals surface area contributed by atoms with Gasteiger partial charge in [0.15, 0.2) is 0 Å². The second-order valence-corrected chi connectivity index (χ2v) is 5.72. The van der Waals surface area contributed by atoms with Crippen molar-refractivity contribution in [1.82, 2.24) is 10.2 Å². The van der Waals surface area contributed by atoms with Gasteiger partial charge in [-0.15, -0.1) is 0 Å². The van der Waals surface area contributed by atoms with Crippen LogP contribution in [0.2, 0.25) is 0 Å². The van der Waals surface area contributed by atoms with Gasteiger partial charge in [-0.05, 0) is 47.1 Å². The normalized spacial score (nSPS) is 29.4. The van der Waals surface area contributed by atoms with Gasteiger partial charge in [0.05, 0.1) is 0 Å². The monoisotopic (exact) mass is 212 g/mol. The number of piperidine rings is 1. The van der Waals surface area contributed by atoms with Crippen molar-refractivity contribution < 1.29 is 0 Å². The molecule has 1 fully saturated rings. The van der Waals surface area contributed by atoms with E-state index in [1.807, 2.05) is 0 Å². The first-order chi connectivity index (χ1) is 6.96. The van der Waals surface area contributed by atoms with Crippen LogP contribution in [0.25, 0.3) is 0 Å². The number of hydrogen-bond donors (Lipinski definition) is 1. The van der Waals surface area contributed by atoms with E-state index < -0.39 is 0 Å². The molecule has 1 rings (SSSR count). The predicted molar refractivity (Wildman–Crippen MR) is 67.2 cm³/mol. The largest absolute Gasteiger partial charge is 0.311 e. The lowest BCUT2D eigenvalue weighted by Crippen LogP contribution is -2.55. The molecule has 2 unspecified atom stereocenters. The van der Waals surface area contributed by atoms with E-state index >= 15 is 0 Å². The maximum absolute atomic E-state index is 3.57.